The van der Waals surface area contributed by atoms with Crippen molar-refractivity contribution in [3.05, 3.63) is 60.0 Å². The Morgan fingerprint density at radius 1 is 1.24 bits per heavy atom. The number of carbonyl (C=O) groups excluding carboxylic acids is 1. The zero-order valence-electron chi connectivity index (χ0n) is 18.3. The average Bonchev–Trinajstić information content (AvgIpc) is 3.50. The minimum atomic E-state index is -3.67. The Balaban J connectivity index is 1.45. The van der Waals surface area contributed by atoms with E-state index in [0.29, 0.717) is 30.1 Å². The van der Waals surface area contributed by atoms with Crippen LogP contribution in [0.15, 0.2) is 53.6 Å². The van der Waals surface area contributed by atoms with Gasteiger partial charge in [-0.25, -0.2) is 13.1 Å². The van der Waals surface area contributed by atoms with Crippen molar-refractivity contribution < 1.29 is 17.9 Å². The first-order chi connectivity index (χ1) is 16.0. The molecule has 1 amide bonds. The van der Waals surface area contributed by atoms with Crippen LogP contribution in [0.2, 0.25) is 0 Å². The summed E-state index contributed by atoms with van der Waals surface area (Å²) < 4.78 is 35.0. The molecule has 176 valence electrons. The van der Waals surface area contributed by atoms with Gasteiger partial charge in [-0.3, -0.25) is 9.20 Å². The monoisotopic (exact) mass is 489 g/mol. The van der Waals surface area contributed by atoms with Crippen LogP contribution in [0.25, 0.3) is 5.65 Å². The van der Waals surface area contributed by atoms with Crippen molar-refractivity contribution >= 4 is 33.3 Å². The van der Waals surface area contributed by atoms with Crippen LogP contribution in [0.3, 0.4) is 0 Å². The SMILES string of the molecule is CSCCC(NC(=O)c1ccc(S(=O)(=O)NCC2CCCO2)cc1)c1nnc2ccccn12. The summed E-state index contributed by atoms with van der Waals surface area (Å²) in [5.41, 5.74) is 1.08. The fourth-order valence-corrected chi connectivity index (χ4v) is 5.26. The lowest BCUT2D eigenvalue weighted by Crippen LogP contribution is -2.32. The van der Waals surface area contributed by atoms with Gasteiger partial charge < -0.3 is 10.1 Å². The third-order valence-corrected chi connectivity index (χ3v) is 7.60. The van der Waals surface area contributed by atoms with Gasteiger partial charge in [0.05, 0.1) is 17.0 Å². The van der Waals surface area contributed by atoms with E-state index in [4.69, 9.17) is 4.74 Å². The van der Waals surface area contributed by atoms with Gasteiger partial charge in [-0.1, -0.05) is 6.07 Å². The summed E-state index contributed by atoms with van der Waals surface area (Å²) in [6.07, 6.45) is 6.26. The summed E-state index contributed by atoms with van der Waals surface area (Å²) in [7, 11) is -3.67. The normalized spacial score (nSPS) is 17.3. The van der Waals surface area contributed by atoms with E-state index in [1.165, 1.54) is 24.3 Å². The minimum absolute atomic E-state index is 0.0868. The Morgan fingerprint density at radius 2 is 2.06 bits per heavy atom. The standard InChI is InChI=1S/C22H27N5O4S2/c1-32-14-11-19(21-26-25-20-6-2-3-12-27(20)21)24-22(28)16-7-9-18(10-8-16)33(29,30)23-15-17-5-4-13-31-17/h2-3,6-10,12,17,19,23H,4-5,11,13-15H2,1H3,(H,24,28). The van der Waals surface area contributed by atoms with E-state index in [9.17, 15) is 13.2 Å². The number of hydrogen-bond acceptors (Lipinski definition) is 7. The Kier molecular flexibility index (Phi) is 7.63. The summed E-state index contributed by atoms with van der Waals surface area (Å²) in [6.45, 7) is 0.909. The first-order valence-electron chi connectivity index (χ1n) is 10.8. The first kappa shape index (κ1) is 23.7. The molecule has 2 atom stereocenters. The second-order valence-corrected chi connectivity index (χ2v) is 10.6. The van der Waals surface area contributed by atoms with Crippen molar-refractivity contribution in [1.82, 2.24) is 24.6 Å². The number of ether oxygens (including phenoxy) is 1. The molecule has 4 rings (SSSR count). The fraction of sp³-hybridized carbons (Fsp3) is 0.409. The molecule has 0 bridgehead atoms. The Labute approximate surface area is 197 Å². The lowest BCUT2D eigenvalue weighted by atomic mass is 10.1. The first-order valence-corrected chi connectivity index (χ1v) is 13.7. The Bertz CT molecular complexity index is 1190. The molecule has 9 nitrogen and oxygen atoms in total. The molecule has 1 aliphatic rings. The number of amides is 1. The van der Waals surface area contributed by atoms with E-state index in [1.807, 2.05) is 35.1 Å². The van der Waals surface area contributed by atoms with Crippen LogP contribution < -0.4 is 10.0 Å². The second-order valence-electron chi connectivity index (χ2n) is 7.81. The number of nitrogens with zero attached hydrogens (tertiary/aromatic N) is 3. The highest BCUT2D eigenvalue weighted by atomic mass is 32.2. The molecule has 0 aliphatic carbocycles. The van der Waals surface area contributed by atoms with Gasteiger partial charge in [-0.15, -0.1) is 10.2 Å². The van der Waals surface area contributed by atoms with E-state index < -0.39 is 10.0 Å². The maximum Gasteiger partial charge on any atom is 0.251 e. The molecule has 2 N–H and O–H groups in total. The summed E-state index contributed by atoms with van der Waals surface area (Å²) >= 11 is 1.68. The molecule has 3 heterocycles. The van der Waals surface area contributed by atoms with E-state index in [0.717, 1.165) is 18.6 Å². The van der Waals surface area contributed by atoms with Crippen molar-refractivity contribution in [3.8, 4) is 0 Å². The van der Waals surface area contributed by atoms with Crippen molar-refractivity contribution in [3.63, 3.8) is 0 Å². The molecule has 3 aromatic rings. The Hall–Kier alpha value is -2.47. The third kappa shape index (κ3) is 5.72. The molecule has 2 aromatic heterocycles. The molecule has 2 unspecified atom stereocenters. The number of benzene rings is 1. The topological polar surface area (TPSA) is 115 Å². The van der Waals surface area contributed by atoms with Gasteiger partial charge in [-0.05, 0) is 67.7 Å². The van der Waals surface area contributed by atoms with Gasteiger partial charge in [0, 0.05) is 24.9 Å². The van der Waals surface area contributed by atoms with Crippen molar-refractivity contribution in [2.45, 2.75) is 36.3 Å². The van der Waals surface area contributed by atoms with E-state index in [-0.39, 0.29) is 29.5 Å². The fourth-order valence-electron chi connectivity index (χ4n) is 3.72. The molecule has 1 fully saturated rings. The molecule has 0 radical (unpaired) electrons. The number of sulfonamides is 1. The van der Waals surface area contributed by atoms with Crippen molar-refractivity contribution in [2.24, 2.45) is 0 Å². The molecule has 1 saturated heterocycles. The van der Waals surface area contributed by atoms with Crippen LogP contribution in [-0.4, -0.2) is 60.2 Å². The molecular weight excluding hydrogens is 462 g/mol. The maximum absolute atomic E-state index is 13.0. The van der Waals surface area contributed by atoms with E-state index >= 15 is 0 Å². The van der Waals surface area contributed by atoms with Gasteiger partial charge in [-0.2, -0.15) is 11.8 Å². The lowest BCUT2D eigenvalue weighted by molar-refractivity contribution is 0.0933. The van der Waals surface area contributed by atoms with Crippen LogP contribution in [0, 0.1) is 0 Å². The number of hydrogen-bond donors (Lipinski definition) is 2. The van der Waals surface area contributed by atoms with Crippen LogP contribution in [0.5, 0.6) is 0 Å². The molecule has 0 spiro atoms. The average molecular weight is 490 g/mol. The maximum atomic E-state index is 13.0. The predicted molar refractivity (Wildman–Crippen MR) is 127 cm³/mol. The second kappa shape index (κ2) is 10.6. The van der Waals surface area contributed by atoms with Crippen LogP contribution in [-0.2, 0) is 14.8 Å². The van der Waals surface area contributed by atoms with E-state index in [1.54, 1.807) is 11.8 Å². The van der Waals surface area contributed by atoms with Gasteiger partial charge in [0.25, 0.3) is 5.91 Å². The van der Waals surface area contributed by atoms with Gasteiger partial charge >= 0.3 is 0 Å². The molecular formula is C22H27N5O4S2. The highest BCUT2D eigenvalue weighted by Gasteiger charge is 2.23. The van der Waals surface area contributed by atoms with Crippen LogP contribution in [0.4, 0.5) is 0 Å². The number of carbonyl (C=O) groups is 1. The number of pyridine rings is 1. The smallest absolute Gasteiger partial charge is 0.251 e. The zero-order chi connectivity index (χ0) is 23.3. The Morgan fingerprint density at radius 3 is 2.79 bits per heavy atom. The predicted octanol–water partition coefficient (Wildman–Crippen LogP) is 2.41. The zero-order valence-corrected chi connectivity index (χ0v) is 19.9. The number of fused-ring (bicyclic) bond motifs is 1. The lowest BCUT2D eigenvalue weighted by Gasteiger charge is -2.17. The van der Waals surface area contributed by atoms with Crippen LogP contribution in [0.1, 0.15) is 41.5 Å². The van der Waals surface area contributed by atoms with Crippen LogP contribution >= 0.6 is 11.8 Å². The molecule has 1 aromatic carbocycles. The molecule has 1 aliphatic heterocycles. The number of nitrogens with one attached hydrogen (secondary N) is 2. The van der Waals surface area contributed by atoms with Gasteiger partial charge in [0.2, 0.25) is 10.0 Å². The summed E-state index contributed by atoms with van der Waals surface area (Å²) in [5.74, 6) is 1.19. The summed E-state index contributed by atoms with van der Waals surface area (Å²) in [6, 6.07) is 11.2. The highest BCUT2D eigenvalue weighted by Crippen LogP contribution is 2.20. The number of thioether (sulfide) groups is 1. The molecule has 0 saturated carbocycles. The summed E-state index contributed by atoms with van der Waals surface area (Å²) in [4.78, 5) is 13.1. The van der Waals surface area contributed by atoms with E-state index in [2.05, 4.69) is 20.2 Å². The van der Waals surface area contributed by atoms with Gasteiger partial charge in [0.1, 0.15) is 0 Å². The van der Waals surface area contributed by atoms with Crippen molar-refractivity contribution in [2.75, 3.05) is 25.2 Å². The largest absolute Gasteiger partial charge is 0.377 e. The quantitative estimate of drug-likeness (QED) is 0.449. The molecule has 11 heteroatoms. The highest BCUT2D eigenvalue weighted by molar-refractivity contribution is 7.98. The van der Waals surface area contributed by atoms with Crippen molar-refractivity contribution in [1.29, 1.82) is 0 Å². The number of aromatic nitrogens is 3. The molecule has 33 heavy (non-hydrogen) atoms. The summed E-state index contributed by atoms with van der Waals surface area (Å²) in [5, 5.41) is 11.5. The third-order valence-electron chi connectivity index (χ3n) is 5.52. The number of rotatable bonds is 10. The minimum Gasteiger partial charge on any atom is -0.377 e. The van der Waals surface area contributed by atoms with Gasteiger partial charge in [0.15, 0.2) is 11.5 Å².